The number of ether oxygens (including phenoxy) is 5. The van der Waals surface area contributed by atoms with Crippen molar-refractivity contribution in [3.63, 3.8) is 0 Å². The Labute approximate surface area is 160 Å². The Morgan fingerprint density at radius 3 is 2.11 bits per heavy atom. The molecule has 27 heavy (non-hydrogen) atoms. The summed E-state index contributed by atoms with van der Waals surface area (Å²) >= 11 is 0. The van der Waals surface area contributed by atoms with Crippen molar-refractivity contribution in [2.45, 2.75) is 112 Å². The van der Waals surface area contributed by atoms with E-state index < -0.39 is 11.6 Å². The molecule has 3 aliphatic heterocycles. The van der Waals surface area contributed by atoms with Crippen molar-refractivity contribution in [3.8, 4) is 0 Å². The van der Waals surface area contributed by atoms with Gasteiger partial charge in [0.05, 0.1) is 6.61 Å². The van der Waals surface area contributed by atoms with Crippen molar-refractivity contribution < 1.29 is 28.8 Å². The number of aliphatic hydroxyl groups excluding tert-OH is 1. The summed E-state index contributed by atoms with van der Waals surface area (Å²) in [5.74, 6) is -0.685. The van der Waals surface area contributed by atoms with E-state index in [0.717, 1.165) is 44.9 Å². The Bertz CT molecular complexity index is 583. The van der Waals surface area contributed by atoms with E-state index in [-0.39, 0.29) is 42.5 Å². The zero-order valence-electron chi connectivity index (χ0n) is 16.1. The Hall–Kier alpha value is -0.240. The number of rotatable bonds is 2. The van der Waals surface area contributed by atoms with Gasteiger partial charge in [0.25, 0.3) is 0 Å². The number of hydrogen-bond acceptors (Lipinski definition) is 6. The molecule has 2 unspecified atom stereocenters. The molecule has 0 aromatic heterocycles. The monoisotopic (exact) mass is 380 g/mol. The Kier molecular flexibility index (Phi) is 4.00. The van der Waals surface area contributed by atoms with Gasteiger partial charge in [-0.1, -0.05) is 12.8 Å². The lowest BCUT2D eigenvalue weighted by Crippen LogP contribution is -2.43. The average molecular weight is 380 g/mol. The molecule has 0 radical (unpaired) electrons. The van der Waals surface area contributed by atoms with E-state index in [1.807, 2.05) is 0 Å². The zero-order valence-corrected chi connectivity index (χ0v) is 16.1. The molecule has 6 rings (SSSR count). The molecule has 0 bridgehead atoms. The second-order valence-corrected chi connectivity index (χ2v) is 9.65. The van der Waals surface area contributed by atoms with Crippen LogP contribution in [0.1, 0.15) is 70.6 Å². The predicted octanol–water partition coefficient (Wildman–Crippen LogP) is 2.66. The Balaban J connectivity index is 1.25. The summed E-state index contributed by atoms with van der Waals surface area (Å²) in [6.07, 6.45) is 11.5. The summed E-state index contributed by atoms with van der Waals surface area (Å²) in [7, 11) is 0. The summed E-state index contributed by atoms with van der Waals surface area (Å²) in [6, 6.07) is 0. The largest absolute Gasteiger partial charge is 0.396 e. The van der Waals surface area contributed by atoms with E-state index in [2.05, 4.69) is 0 Å². The molecule has 152 valence electrons. The minimum Gasteiger partial charge on any atom is -0.396 e. The van der Waals surface area contributed by atoms with Gasteiger partial charge in [-0.3, -0.25) is 0 Å². The quantitative estimate of drug-likeness (QED) is 0.795. The van der Waals surface area contributed by atoms with Crippen molar-refractivity contribution in [1.82, 2.24) is 0 Å². The fraction of sp³-hybridized carbons (Fsp3) is 1.00. The van der Waals surface area contributed by atoms with E-state index >= 15 is 0 Å². The first kappa shape index (κ1) is 17.6. The third-order valence-electron chi connectivity index (χ3n) is 7.94. The van der Waals surface area contributed by atoms with Gasteiger partial charge in [-0.15, -0.1) is 0 Å². The molecule has 0 aromatic carbocycles. The predicted molar refractivity (Wildman–Crippen MR) is 95.0 cm³/mol. The lowest BCUT2D eigenvalue weighted by atomic mass is 9.94. The van der Waals surface area contributed by atoms with Crippen molar-refractivity contribution in [2.24, 2.45) is 5.92 Å². The highest BCUT2D eigenvalue weighted by Crippen LogP contribution is 2.62. The van der Waals surface area contributed by atoms with Crippen molar-refractivity contribution in [3.05, 3.63) is 0 Å². The minimum atomic E-state index is -0.437. The van der Waals surface area contributed by atoms with E-state index in [1.165, 1.54) is 25.7 Å². The maximum absolute atomic E-state index is 9.77. The fourth-order valence-electron chi connectivity index (χ4n) is 6.38. The third-order valence-corrected chi connectivity index (χ3v) is 7.94. The van der Waals surface area contributed by atoms with Crippen LogP contribution in [0.5, 0.6) is 0 Å². The molecule has 3 saturated heterocycles. The molecule has 6 fully saturated rings. The summed E-state index contributed by atoms with van der Waals surface area (Å²) in [5.41, 5.74) is -0.378. The Morgan fingerprint density at radius 1 is 0.741 bits per heavy atom. The van der Waals surface area contributed by atoms with Crippen molar-refractivity contribution in [1.29, 1.82) is 0 Å². The molecule has 6 heteroatoms. The standard InChI is InChI=1S/C21H32O6/c22-12-14-11-21(14)18-17(25-20(27-18)9-5-2-6-10-20)16(26-21)15-13-23-19(24-15)7-3-1-4-8-19/h14-18,22H,1-13H2/t14?,15-,16-,17+,18+,21?/m1/s1. The van der Waals surface area contributed by atoms with Crippen LogP contribution in [0.3, 0.4) is 0 Å². The molecule has 1 N–H and O–H groups in total. The van der Waals surface area contributed by atoms with E-state index in [4.69, 9.17) is 23.7 Å². The number of hydrogen-bond donors (Lipinski definition) is 1. The van der Waals surface area contributed by atoms with Crippen LogP contribution in [0.25, 0.3) is 0 Å². The van der Waals surface area contributed by atoms with Gasteiger partial charge in [0, 0.05) is 38.2 Å². The van der Waals surface area contributed by atoms with E-state index in [9.17, 15) is 5.11 Å². The van der Waals surface area contributed by atoms with Crippen molar-refractivity contribution >= 4 is 0 Å². The number of aliphatic hydroxyl groups is 1. The average Bonchev–Trinajstić information content (AvgIpc) is 2.92. The zero-order chi connectivity index (χ0) is 18.1. The minimum absolute atomic E-state index is 0.0794. The van der Waals surface area contributed by atoms with Gasteiger partial charge >= 0.3 is 0 Å². The molecule has 3 heterocycles. The molecule has 0 amide bonds. The van der Waals surface area contributed by atoms with Crippen LogP contribution in [-0.2, 0) is 23.7 Å². The maximum atomic E-state index is 9.77. The van der Waals surface area contributed by atoms with Gasteiger partial charge in [0.15, 0.2) is 11.6 Å². The third kappa shape index (κ3) is 2.60. The topological polar surface area (TPSA) is 66.4 Å². The number of fused-ring (bicyclic) bond motifs is 2. The second kappa shape index (κ2) is 6.13. The van der Waals surface area contributed by atoms with E-state index in [1.54, 1.807) is 0 Å². The van der Waals surface area contributed by atoms with Crippen molar-refractivity contribution in [2.75, 3.05) is 13.2 Å². The Morgan fingerprint density at radius 2 is 1.44 bits per heavy atom. The maximum Gasteiger partial charge on any atom is 0.169 e. The van der Waals surface area contributed by atoms with Crippen LogP contribution in [0.15, 0.2) is 0 Å². The first-order chi connectivity index (χ1) is 13.2. The molecule has 6 atom stereocenters. The normalized spacial score (nSPS) is 49.9. The first-order valence-corrected chi connectivity index (χ1v) is 11.1. The van der Waals surface area contributed by atoms with Crippen LogP contribution >= 0.6 is 0 Å². The van der Waals surface area contributed by atoms with Gasteiger partial charge in [-0.2, -0.15) is 0 Å². The van der Waals surface area contributed by atoms with Gasteiger partial charge in [-0.25, -0.2) is 0 Å². The van der Waals surface area contributed by atoms with Crippen LogP contribution in [-0.4, -0.2) is 59.9 Å². The highest BCUT2D eigenvalue weighted by molar-refractivity contribution is 5.21. The van der Waals surface area contributed by atoms with Gasteiger partial charge in [-0.05, 0) is 32.1 Å². The van der Waals surface area contributed by atoms with Gasteiger partial charge < -0.3 is 28.8 Å². The smallest absolute Gasteiger partial charge is 0.169 e. The lowest BCUT2D eigenvalue weighted by Gasteiger charge is -2.35. The summed E-state index contributed by atoms with van der Waals surface area (Å²) < 4.78 is 32.5. The van der Waals surface area contributed by atoms with Crippen LogP contribution in [0, 0.1) is 5.92 Å². The van der Waals surface area contributed by atoms with Crippen LogP contribution in [0.4, 0.5) is 0 Å². The SMILES string of the molecule is OCC1CC12O[C@H]([C@H]1COC3(CCCCC3)O1)[C@@H]1OC3(CCCCC3)O[C@@H]12. The van der Waals surface area contributed by atoms with Crippen LogP contribution < -0.4 is 0 Å². The molecule has 3 saturated carbocycles. The summed E-state index contributed by atoms with van der Waals surface area (Å²) in [4.78, 5) is 0. The van der Waals surface area contributed by atoms with E-state index in [0.29, 0.717) is 6.61 Å². The molecular formula is C21H32O6. The highest BCUT2D eigenvalue weighted by atomic mass is 16.8. The summed E-state index contributed by atoms with van der Waals surface area (Å²) in [6.45, 7) is 0.725. The molecule has 3 aliphatic carbocycles. The fourth-order valence-corrected chi connectivity index (χ4v) is 6.38. The molecule has 6 nitrogen and oxygen atoms in total. The molecular weight excluding hydrogens is 348 g/mol. The van der Waals surface area contributed by atoms with Gasteiger partial charge in [0.2, 0.25) is 0 Å². The molecule has 6 aliphatic rings. The van der Waals surface area contributed by atoms with Crippen LogP contribution in [0.2, 0.25) is 0 Å². The first-order valence-electron chi connectivity index (χ1n) is 11.1. The summed E-state index contributed by atoms with van der Waals surface area (Å²) in [5, 5.41) is 9.77. The lowest BCUT2D eigenvalue weighted by molar-refractivity contribution is -0.244. The van der Waals surface area contributed by atoms with Gasteiger partial charge in [0.1, 0.15) is 30.0 Å². The highest BCUT2D eigenvalue weighted by Gasteiger charge is 2.75. The molecule has 3 spiro atoms. The molecule has 0 aromatic rings. The second-order valence-electron chi connectivity index (χ2n) is 9.65.